The first-order chi connectivity index (χ1) is 14.9. The van der Waals surface area contributed by atoms with E-state index in [0.29, 0.717) is 24.2 Å². The minimum absolute atomic E-state index is 0.149. The summed E-state index contributed by atoms with van der Waals surface area (Å²) in [5.74, 6) is -0.149. The van der Waals surface area contributed by atoms with Gasteiger partial charge in [-0.25, -0.2) is 8.42 Å². The van der Waals surface area contributed by atoms with Crippen molar-refractivity contribution in [1.29, 1.82) is 0 Å². The molecule has 0 atom stereocenters. The van der Waals surface area contributed by atoms with Gasteiger partial charge in [-0.15, -0.1) is 0 Å². The maximum absolute atomic E-state index is 13.1. The maximum atomic E-state index is 13.1. The summed E-state index contributed by atoms with van der Waals surface area (Å²) in [6.07, 6.45) is 0. The van der Waals surface area contributed by atoms with Crippen LogP contribution in [0.15, 0.2) is 65.6 Å². The molecule has 3 aromatic rings. The molecule has 5 rings (SSSR count). The molecule has 0 aromatic heterocycles. The molecule has 1 saturated heterocycles. The molecule has 0 saturated carbocycles. The summed E-state index contributed by atoms with van der Waals surface area (Å²) in [5.41, 5.74) is 3.17. The van der Waals surface area contributed by atoms with Crippen molar-refractivity contribution < 1.29 is 13.2 Å². The highest BCUT2D eigenvalue weighted by atomic mass is 32.2. The molecule has 2 aliphatic heterocycles. The first kappa shape index (κ1) is 20.0. The minimum Gasteiger partial charge on any atom is -0.339 e. The lowest BCUT2D eigenvalue weighted by molar-refractivity contribution is -0.131. The van der Waals surface area contributed by atoms with Gasteiger partial charge in [-0.1, -0.05) is 48.5 Å². The number of benzene rings is 3. The molecule has 160 valence electrons. The topological polar surface area (TPSA) is 60.9 Å². The fourth-order valence-corrected chi connectivity index (χ4v) is 6.19. The largest absolute Gasteiger partial charge is 0.339 e. The Morgan fingerprint density at radius 3 is 2.35 bits per heavy atom. The van der Waals surface area contributed by atoms with Crippen LogP contribution in [0.1, 0.15) is 11.1 Å². The van der Waals surface area contributed by atoms with Gasteiger partial charge < -0.3 is 4.90 Å². The number of nitrogens with zero attached hydrogens (tertiary/aromatic N) is 3. The molecular weight excluding hydrogens is 410 g/mol. The summed E-state index contributed by atoms with van der Waals surface area (Å²) in [6, 6.07) is 19.1. The number of hydrogen-bond donors (Lipinski definition) is 0. The molecule has 0 aliphatic carbocycles. The van der Waals surface area contributed by atoms with Crippen LogP contribution in [0.25, 0.3) is 10.8 Å². The Labute approximate surface area is 182 Å². The van der Waals surface area contributed by atoms with Crippen LogP contribution in [0, 0.1) is 6.92 Å². The number of sulfonamides is 1. The molecule has 2 heterocycles. The number of piperazine rings is 1. The zero-order valence-corrected chi connectivity index (χ0v) is 18.3. The van der Waals surface area contributed by atoms with E-state index in [1.165, 1.54) is 15.4 Å². The Morgan fingerprint density at radius 2 is 1.61 bits per heavy atom. The van der Waals surface area contributed by atoms with Gasteiger partial charge in [-0.2, -0.15) is 0 Å². The van der Waals surface area contributed by atoms with E-state index in [9.17, 15) is 13.2 Å². The summed E-state index contributed by atoms with van der Waals surface area (Å²) < 4.78 is 27.5. The average Bonchev–Trinajstić information content (AvgIpc) is 2.99. The van der Waals surface area contributed by atoms with Gasteiger partial charge >= 0.3 is 0 Å². The third-order valence-electron chi connectivity index (χ3n) is 6.34. The standard InChI is InChI=1S/C24H25N3O3S/c1-18-6-2-3-7-20(18)16-25-12-14-26(15-13-25)23(28)17-27-21-10-4-8-19-9-5-11-22(24(19)21)31(27,29)30/h2-11H,12-17H2,1H3. The molecule has 2 aliphatic rings. The lowest BCUT2D eigenvalue weighted by Crippen LogP contribution is -2.51. The highest BCUT2D eigenvalue weighted by Crippen LogP contribution is 2.41. The van der Waals surface area contributed by atoms with Crippen molar-refractivity contribution >= 4 is 32.4 Å². The molecule has 0 unspecified atom stereocenters. The van der Waals surface area contributed by atoms with Crippen molar-refractivity contribution in [3.05, 3.63) is 71.8 Å². The van der Waals surface area contributed by atoms with Crippen molar-refractivity contribution in [3.8, 4) is 0 Å². The molecule has 7 heteroatoms. The third-order valence-corrected chi connectivity index (χ3v) is 8.14. The molecule has 1 fully saturated rings. The van der Waals surface area contributed by atoms with Crippen LogP contribution in [0.4, 0.5) is 5.69 Å². The van der Waals surface area contributed by atoms with Crippen molar-refractivity contribution in [3.63, 3.8) is 0 Å². The molecule has 0 radical (unpaired) electrons. The van der Waals surface area contributed by atoms with E-state index in [4.69, 9.17) is 0 Å². The highest BCUT2D eigenvalue weighted by molar-refractivity contribution is 7.93. The van der Waals surface area contributed by atoms with Gasteiger partial charge in [0, 0.05) is 38.1 Å². The van der Waals surface area contributed by atoms with Gasteiger partial charge in [0.1, 0.15) is 6.54 Å². The fraction of sp³-hybridized carbons (Fsp3) is 0.292. The van der Waals surface area contributed by atoms with Crippen molar-refractivity contribution in [2.24, 2.45) is 0 Å². The quantitative estimate of drug-likeness (QED) is 0.632. The van der Waals surface area contributed by atoms with E-state index in [2.05, 4.69) is 30.0 Å². The van der Waals surface area contributed by atoms with E-state index < -0.39 is 10.0 Å². The number of amides is 1. The van der Waals surface area contributed by atoms with Crippen LogP contribution in [0.2, 0.25) is 0 Å². The number of hydrogen-bond acceptors (Lipinski definition) is 4. The zero-order chi connectivity index (χ0) is 21.6. The predicted octanol–water partition coefficient (Wildman–Crippen LogP) is 3.00. The van der Waals surface area contributed by atoms with E-state index in [1.807, 2.05) is 24.3 Å². The lowest BCUT2D eigenvalue weighted by Gasteiger charge is -2.35. The van der Waals surface area contributed by atoms with E-state index in [1.54, 1.807) is 23.1 Å². The number of anilines is 1. The van der Waals surface area contributed by atoms with Gasteiger partial charge in [0.2, 0.25) is 5.91 Å². The normalized spacial score (nSPS) is 18.0. The molecule has 31 heavy (non-hydrogen) atoms. The van der Waals surface area contributed by atoms with E-state index in [0.717, 1.165) is 25.0 Å². The molecule has 3 aromatic carbocycles. The summed E-state index contributed by atoms with van der Waals surface area (Å²) >= 11 is 0. The summed E-state index contributed by atoms with van der Waals surface area (Å²) in [4.78, 5) is 17.4. The van der Waals surface area contributed by atoms with Gasteiger partial charge in [0.15, 0.2) is 0 Å². The second-order valence-electron chi connectivity index (χ2n) is 8.23. The molecule has 1 amide bonds. The SMILES string of the molecule is Cc1ccccc1CN1CCN(C(=O)CN2c3cccc4cccc(c34)S2(=O)=O)CC1. The summed E-state index contributed by atoms with van der Waals surface area (Å²) in [7, 11) is -3.71. The van der Waals surface area contributed by atoms with Crippen LogP contribution in [0.5, 0.6) is 0 Å². The average molecular weight is 436 g/mol. The summed E-state index contributed by atoms with van der Waals surface area (Å²) in [6.45, 7) is 5.60. The highest BCUT2D eigenvalue weighted by Gasteiger charge is 2.37. The van der Waals surface area contributed by atoms with E-state index in [-0.39, 0.29) is 17.3 Å². The smallest absolute Gasteiger partial charge is 0.265 e. The molecule has 0 N–H and O–H groups in total. The number of carbonyl (C=O) groups is 1. The van der Waals surface area contributed by atoms with Crippen molar-refractivity contribution in [2.75, 3.05) is 37.0 Å². The van der Waals surface area contributed by atoms with Crippen LogP contribution in [-0.4, -0.2) is 56.8 Å². The van der Waals surface area contributed by atoms with Gasteiger partial charge in [0.25, 0.3) is 10.0 Å². The minimum atomic E-state index is -3.71. The monoisotopic (exact) mass is 435 g/mol. The van der Waals surface area contributed by atoms with Gasteiger partial charge in [-0.3, -0.25) is 14.0 Å². The number of carbonyl (C=O) groups excluding carboxylic acids is 1. The van der Waals surface area contributed by atoms with Gasteiger partial charge in [0.05, 0.1) is 10.6 Å². The van der Waals surface area contributed by atoms with Crippen molar-refractivity contribution in [1.82, 2.24) is 9.80 Å². The molecular formula is C24H25N3O3S. The van der Waals surface area contributed by atoms with Crippen LogP contribution < -0.4 is 4.31 Å². The maximum Gasteiger partial charge on any atom is 0.265 e. The number of aryl methyl sites for hydroxylation is 1. The van der Waals surface area contributed by atoms with Crippen LogP contribution in [0.3, 0.4) is 0 Å². The molecule has 0 bridgehead atoms. The van der Waals surface area contributed by atoms with Crippen molar-refractivity contribution in [2.45, 2.75) is 18.4 Å². The van der Waals surface area contributed by atoms with Crippen LogP contribution in [-0.2, 0) is 21.4 Å². The predicted molar refractivity (Wildman–Crippen MR) is 122 cm³/mol. The number of rotatable bonds is 4. The first-order valence-corrected chi connectivity index (χ1v) is 12.0. The Kier molecular flexibility index (Phi) is 4.95. The Balaban J connectivity index is 1.28. The zero-order valence-electron chi connectivity index (χ0n) is 17.5. The van der Waals surface area contributed by atoms with Gasteiger partial charge in [-0.05, 0) is 35.6 Å². The fourth-order valence-electron chi connectivity index (χ4n) is 4.54. The lowest BCUT2D eigenvalue weighted by atomic mass is 10.1. The van der Waals surface area contributed by atoms with E-state index >= 15 is 0 Å². The van der Waals surface area contributed by atoms with Crippen LogP contribution >= 0.6 is 0 Å². The Hall–Kier alpha value is -2.90. The molecule has 6 nitrogen and oxygen atoms in total. The third kappa shape index (κ3) is 3.47. The Bertz CT molecular complexity index is 1260. The second kappa shape index (κ2) is 7.66. The first-order valence-electron chi connectivity index (χ1n) is 10.5. The Morgan fingerprint density at radius 1 is 0.903 bits per heavy atom. The molecule has 0 spiro atoms. The second-order valence-corrected chi connectivity index (χ2v) is 10.1. The summed E-state index contributed by atoms with van der Waals surface area (Å²) in [5, 5.41) is 1.58.